The van der Waals surface area contributed by atoms with Crippen LogP contribution in [0, 0.1) is 0 Å². The Bertz CT molecular complexity index is 2920. The molecule has 0 fully saturated rings. The smallest absolute Gasteiger partial charge is 0.0540 e. The Labute approximate surface area is 297 Å². The lowest BCUT2D eigenvalue weighted by molar-refractivity contribution is 1.30. The summed E-state index contributed by atoms with van der Waals surface area (Å²) in [5.74, 6) is 0. The van der Waals surface area contributed by atoms with Crippen LogP contribution < -0.4 is 4.90 Å². The van der Waals surface area contributed by atoms with Crippen molar-refractivity contribution in [2.24, 2.45) is 0 Å². The minimum atomic E-state index is 1.12. The fourth-order valence-electron chi connectivity index (χ4n) is 7.98. The van der Waals surface area contributed by atoms with Gasteiger partial charge in [-0.25, -0.2) is 0 Å². The molecule has 0 N–H and O–H groups in total. The van der Waals surface area contributed by atoms with Crippen molar-refractivity contribution in [1.29, 1.82) is 0 Å². The molecule has 0 unspecified atom stereocenters. The SMILES string of the molecule is c1ccc(-c2ccccc2N(c2ccc3c(ccc4c5ccccc5ccc34)c2)c2ccc(-c3ccc4ccccc4c3)c3ccccc23)cc1. The summed E-state index contributed by atoms with van der Waals surface area (Å²) in [4.78, 5) is 2.46. The Kier molecular flexibility index (Phi) is 6.89. The van der Waals surface area contributed by atoms with E-state index in [1.54, 1.807) is 0 Å². The van der Waals surface area contributed by atoms with Crippen molar-refractivity contribution < 1.29 is 0 Å². The van der Waals surface area contributed by atoms with E-state index in [0.717, 1.165) is 17.1 Å². The predicted molar refractivity (Wildman–Crippen MR) is 220 cm³/mol. The molecule has 0 bridgehead atoms. The lowest BCUT2D eigenvalue weighted by Gasteiger charge is -2.30. The highest BCUT2D eigenvalue weighted by Crippen LogP contribution is 2.46. The van der Waals surface area contributed by atoms with Gasteiger partial charge in [0.25, 0.3) is 0 Å². The molecule has 0 radical (unpaired) electrons. The van der Waals surface area contributed by atoms with Gasteiger partial charge in [-0.05, 0) is 95.5 Å². The maximum atomic E-state index is 2.46. The standard InChI is InChI=1S/C50H33N/c1-2-13-35(14-3-1)44-18-10-11-21-49(44)51(40-26-29-42-39(33-40)25-28-46-41-17-7-6-15-36(41)24-27-47(42)46)50-31-30-43(45-19-8-9-20-48(45)50)38-23-22-34-12-4-5-16-37(34)32-38/h1-33H. The number of hydrogen-bond acceptors (Lipinski definition) is 1. The van der Waals surface area contributed by atoms with E-state index >= 15 is 0 Å². The van der Waals surface area contributed by atoms with Crippen molar-refractivity contribution in [3.63, 3.8) is 0 Å². The largest absolute Gasteiger partial charge is 0.309 e. The van der Waals surface area contributed by atoms with Gasteiger partial charge in [0.05, 0.1) is 11.4 Å². The van der Waals surface area contributed by atoms with Crippen molar-refractivity contribution in [1.82, 2.24) is 0 Å². The second-order valence-electron chi connectivity index (χ2n) is 13.3. The van der Waals surface area contributed by atoms with E-state index in [2.05, 4.69) is 205 Å². The average molecular weight is 648 g/mol. The van der Waals surface area contributed by atoms with E-state index in [1.807, 2.05) is 0 Å². The van der Waals surface area contributed by atoms with E-state index in [1.165, 1.54) is 76.1 Å². The number of anilines is 3. The Hall–Kier alpha value is -6.70. The van der Waals surface area contributed by atoms with Gasteiger partial charge in [-0.3, -0.25) is 0 Å². The van der Waals surface area contributed by atoms with Crippen LogP contribution in [-0.4, -0.2) is 0 Å². The molecule has 10 rings (SSSR count). The molecule has 10 aromatic carbocycles. The number of nitrogens with zero attached hydrogens (tertiary/aromatic N) is 1. The van der Waals surface area contributed by atoms with Gasteiger partial charge in [-0.1, -0.05) is 170 Å². The Morgan fingerprint density at radius 1 is 0.255 bits per heavy atom. The van der Waals surface area contributed by atoms with Gasteiger partial charge in [0.1, 0.15) is 0 Å². The van der Waals surface area contributed by atoms with E-state index in [4.69, 9.17) is 0 Å². The fraction of sp³-hybridized carbons (Fsp3) is 0. The van der Waals surface area contributed by atoms with Crippen LogP contribution >= 0.6 is 0 Å². The van der Waals surface area contributed by atoms with Crippen LogP contribution in [0.25, 0.3) is 76.1 Å². The van der Waals surface area contributed by atoms with Crippen LogP contribution in [0.3, 0.4) is 0 Å². The molecule has 10 aromatic rings. The Balaban J connectivity index is 1.21. The van der Waals surface area contributed by atoms with Crippen molar-refractivity contribution in [2.75, 3.05) is 4.90 Å². The number of hydrogen-bond donors (Lipinski definition) is 0. The van der Waals surface area contributed by atoms with Gasteiger partial charge in [-0.2, -0.15) is 0 Å². The minimum Gasteiger partial charge on any atom is -0.309 e. The zero-order valence-electron chi connectivity index (χ0n) is 28.0. The number of para-hydroxylation sites is 1. The molecule has 1 heteroatoms. The molecule has 0 amide bonds. The molecule has 0 aromatic heterocycles. The fourth-order valence-corrected chi connectivity index (χ4v) is 7.98. The number of rotatable bonds is 5. The maximum Gasteiger partial charge on any atom is 0.0540 e. The molecule has 51 heavy (non-hydrogen) atoms. The zero-order valence-corrected chi connectivity index (χ0v) is 28.0. The molecule has 0 aliphatic carbocycles. The van der Waals surface area contributed by atoms with Crippen molar-refractivity contribution in [2.45, 2.75) is 0 Å². The normalized spacial score (nSPS) is 11.5. The van der Waals surface area contributed by atoms with Crippen molar-refractivity contribution in [3.05, 3.63) is 200 Å². The monoisotopic (exact) mass is 647 g/mol. The van der Waals surface area contributed by atoms with Gasteiger partial charge in [0.15, 0.2) is 0 Å². The van der Waals surface area contributed by atoms with E-state index < -0.39 is 0 Å². The second-order valence-corrected chi connectivity index (χ2v) is 13.3. The topological polar surface area (TPSA) is 3.24 Å². The van der Waals surface area contributed by atoms with Crippen LogP contribution in [-0.2, 0) is 0 Å². The summed E-state index contributed by atoms with van der Waals surface area (Å²) in [6.07, 6.45) is 0. The van der Waals surface area contributed by atoms with E-state index in [0.29, 0.717) is 0 Å². The average Bonchev–Trinajstić information content (AvgIpc) is 3.21. The van der Waals surface area contributed by atoms with Crippen LogP contribution in [0.1, 0.15) is 0 Å². The number of benzene rings is 10. The lowest BCUT2D eigenvalue weighted by Crippen LogP contribution is -2.12. The van der Waals surface area contributed by atoms with Crippen molar-refractivity contribution >= 4 is 70.9 Å². The Morgan fingerprint density at radius 2 is 0.863 bits per heavy atom. The van der Waals surface area contributed by atoms with Crippen LogP contribution in [0.4, 0.5) is 17.1 Å². The molecule has 0 saturated heterocycles. The number of fused-ring (bicyclic) bond motifs is 7. The third-order valence-corrected chi connectivity index (χ3v) is 10.4. The zero-order chi connectivity index (χ0) is 33.7. The summed E-state index contributed by atoms with van der Waals surface area (Å²) in [5.41, 5.74) is 8.23. The van der Waals surface area contributed by atoms with Crippen molar-refractivity contribution in [3.8, 4) is 22.3 Å². The summed E-state index contributed by atoms with van der Waals surface area (Å²) in [6.45, 7) is 0. The highest BCUT2D eigenvalue weighted by Gasteiger charge is 2.21. The van der Waals surface area contributed by atoms with Gasteiger partial charge < -0.3 is 4.90 Å². The first-order valence-corrected chi connectivity index (χ1v) is 17.6. The summed E-state index contributed by atoms with van der Waals surface area (Å²) in [5, 5.41) is 12.5. The molecule has 0 saturated carbocycles. The maximum absolute atomic E-state index is 2.46. The summed E-state index contributed by atoms with van der Waals surface area (Å²) in [6, 6.07) is 73.1. The summed E-state index contributed by atoms with van der Waals surface area (Å²) in [7, 11) is 0. The van der Waals surface area contributed by atoms with Crippen LogP contribution in [0.15, 0.2) is 200 Å². The second kappa shape index (κ2) is 12.0. The van der Waals surface area contributed by atoms with Gasteiger partial charge in [0.2, 0.25) is 0 Å². The first-order chi connectivity index (χ1) is 25.3. The molecular weight excluding hydrogens is 615 g/mol. The summed E-state index contributed by atoms with van der Waals surface area (Å²) >= 11 is 0. The lowest BCUT2D eigenvalue weighted by atomic mass is 9.94. The predicted octanol–water partition coefficient (Wildman–Crippen LogP) is 14.3. The molecule has 0 spiro atoms. The highest BCUT2D eigenvalue weighted by molar-refractivity contribution is 6.18. The molecule has 1 nitrogen and oxygen atoms in total. The van der Waals surface area contributed by atoms with Gasteiger partial charge in [-0.15, -0.1) is 0 Å². The molecule has 0 atom stereocenters. The quantitative estimate of drug-likeness (QED) is 0.168. The van der Waals surface area contributed by atoms with Gasteiger partial charge in [0, 0.05) is 16.6 Å². The van der Waals surface area contributed by atoms with Gasteiger partial charge >= 0.3 is 0 Å². The molecule has 0 aliphatic heterocycles. The molecule has 0 aliphatic rings. The molecule has 0 heterocycles. The first kappa shape index (κ1) is 29.2. The third-order valence-electron chi connectivity index (χ3n) is 10.4. The third kappa shape index (κ3) is 4.94. The van der Waals surface area contributed by atoms with E-state index in [-0.39, 0.29) is 0 Å². The summed E-state index contributed by atoms with van der Waals surface area (Å²) < 4.78 is 0. The molecule has 238 valence electrons. The van der Waals surface area contributed by atoms with E-state index in [9.17, 15) is 0 Å². The van der Waals surface area contributed by atoms with Crippen LogP contribution in [0.5, 0.6) is 0 Å². The first-order valence-electron chi connectivity index (χ1n) is 17.6. The Morgan fingerprint density at radius 3 is 1.71 bits per heavy atom. The van der Waals surface area contributed by atoms with Crippen LogP contribution in [0.2, 0.25) is 0 Å². The highest BCUT2D eigenvalue weighted by atomic mass is 15.1. The molecular formula is C50H33N. The minimum absolute atomic E-state index is 1.12.